The van der Waals surface area contributed by atoms with Crippen LogP contribution in [0.2, 0.25) is 0 Å². The molecular formula is C15H22O. The first-order valence-electron chi connectivity index (χ1n) is 5.79. The number of rotatable bonds is 4. The van der Waals surface area contributed by atoms with Gasteiger partial charge in [0.25, 0.3) is 0 Å². The zero-order chi connectivity index (χ0) is 12.0. The van der Waals surface area contributed by atoms with E-state index >= 15 is 0 Å². The molecule has 0 atom stereocenters. The SMILES string of the molecule is C/C(=C\COCc1ccccc1)C(C)(C)C. The quantitative estimate of drug-likeness (QED) is 0.543. The molecule has 0 aliphatic rings. The molecule has 0 heterocycles. The lowest BCUT2D eigenvalue weighted by Gasteiger charge is -2.19. The Morgan fingerprint density at radius 2 is 1.81 bits per heavy atom. The van der Waals surface area contributed by atoms with Crippen LogP contribution in [0.15, 0.2) is 42.0 Å². The van der Waals surface area contributed by atoms with E-state index in [0.717, 1.165) is 0 Å². The highest BCUT2D eigenvalue weighted by Gasteiger charge is 2.11. The van der Waals surface area contributed by atoms with Crippen molar-refractivity contribution in [3.05, 3.63) is 47.5 Å². The average molecular weight is 218 g/mol. The van der Waals surface area contributed by atoms with E-state index in [-0.39, 0.29) is 5.41 Å². The highest BCUT2D eigenvalue weighted by Crippen LogP contribution is 2.23. The molecule has 16 heavy (non-hydrogen) atoms. The van der Waals surface area contributed by atoms with E-state index < -0.39 is 0 Å². The van der Waals surface area contributed by atoms with E-state index in [1.165, 1.54) is 11.1 Å². The molecule has 0 unspecified atom stereocenters. The molecular weight excluding hydrogens is 196 g/mol. The van der Waals surface area contributed by atoms with Crippen LogP contribution in [0, 0.1) is 5.41 Å². The maximum absolute atomic E-state index is 5.61. The van der Waals surface area contributed by atoms with Gasteiger partial charge in [0, 0.05) is 0 Å². The van der Waals surface area contributed by atoms with Crippen molar-refractivity contribution in [2.45, 2.75) is 34.3 Å². The first-order valence-corrected chi connectivity index (χ1v) is 5.79. The van der Waals surface area contributed by atoms with Crippen LogP contribution in [0.4, 0.5) is 0 Å². The molecule has 88 valence electrons. The summed E-state index contributed by atoms with van der Waals surface area (Å²) in [6.07, 6.45) is 2.17. The van der Waals surface area contributed by atoms with Gasteiger partial charge in [-0.25, -0.2) is 0 Å². The van der Waals surface area contributed by atoms with Gasteiger partial charge in [-0.2, -0.15) is 0 Å². The van der Waals surface area contributed by atoms with Gasteiger partial charge in [-0.3, -0.25) is 0 Å². The Morgan fingerprint density at radius 3 is 2.38 bits per heavy atom. The zero-order valence-electron chi connectivity index (χ0n) is 10.8. The molecule has 1 rings (SSSR count). The largest absolute Gasteiger partial charge is 0.373 e. The van der Waals surface area contributed by atoms with Crippen molar-refractivity contribution in [3.63, 3.8) is 0 Å². The second kappa shape index (κ2) is 5.86. The van der Waals surface area contributed by atoms with Crippen LogP contribution in [0.1, 0.15) is 33.3 Å². The maximum Gasteiger partial charge on any atom is 0.0721 e. The third kappa shape index (κ3) is 4.63. The molecule has 0 saturated carbocycles. The molecule has 0 fully saturated rings. The third-order valence-corrected chi connectivity index (χ3v) is 2.80. The normalized spacial score (nSPS) is 12.9. The van der Waals surface area contributed by atoms with E-state index in [9.17, 15) is 0 Å². The minimum atomic E-state index is 0.246. The van der Waals surface area contributed by atoms with E-state index in [1.807, 2.05) is 18.2 Å². The number of hydrogen-bond donors (Lipinski definition) is 0. The van der Waals surface area contributed by atoms with Gasteiger partial charge < -0.3 is 4.74 Å². The lowest BCUT2D eigenvalue weighted by atomic mass is 9.87. The van der Waals surface area contributed by atoms with Crippen molar-refractivity contribution in [2.24, 2.45) is 5.41 Å². The minimum Gasteiger partial charge on any atom is -0.373 e. The molecule has 0 saturated heterocycles. The molecule has 1 aromatic rings. The van der Waals surface area contributed by atoms with Gasteiger partial charge in [0.15, 0.2) is 0 Å². The lowest BCUT2D eigenvalue weighted by Crippen LogP contribution is -2.07. The molecule has 0 amide bonds. The standard InChI is InChI=1S/C15H22O/c1-13(15(2,3)4)10-11-16-12-14-8-6-5-7-9-14/h5-10H,11-12H2,1-4H3/b13-10+. The van der Waals surface area contributed by atoms with Gasteiger partial charge in [0.1, 0.15) is 0 Å². The molecule has 0 N–H and O–H groups in total. The van der Waals surface area contributed by atoms with Crippen molar-refractivity contribution in [1.82, 2.24) is 0 Å². The smallest absolute Gasteiger partial charge is 0.0721 e. The fraction of sp³-hybridized carbons (Fsp3) is 0.467. The van der Waals surface area contributed by atoms with Crippen LogP contribution in [0.25, 0.3) is 0 Å². The first kappa shape index (κ1) is 13.0. The van der Waals surface area contributed by atoms with Crippen LogP contribution < -0.4 is 0 Å². The number of benzene rings is 1. The topological polar surface area (TPSA) is 9.23 Å². The van der Waals surface area contributed by atoms with E-state index in [0.29, 0.717) is 13.2 Å². The van der Waals surface area contributed by atoms with Crippen molar-refractivity contribution < 1.29 is 4.74 Å². The maximum atomic E-state index is 5.61. The van der Waals surface area contributed by atoms with Crippen LogP contribution in [-0.4, -0.2) is 6.61 Å². The molecule has 1 heteroatoms. The first-order chi connectivity index (χ1) is 7.50. The van der Waals surface area contributed by atoms with Crippen molar-refractivity contribution in [1.29, 1.82) is 0 Å². The van der Waals surface area contributed by atoms with E-state index in [2.05, 4.69) is 45.9 Å². The van der Waals surface area contributed by atoms with Crippen molar-refractivity contribution in [3.8, 4) is 0 Å². The summed E-state index contributed by atoms with van der Waals surface area (Å²) in [6.45, 7) is 10.2. The molecule has 1 aromatic carbocycles. The summed E-state index contributed by atoms with van der Waals surface area (Å²) in [5, 5.41) is 0. The molecule has 0 aliphatic heterocycles. The minimum absolute atomic E-state index is 0.246. The van der Waals surface area contributed by atoms with Gasteiger partial charge in [0.2, 0.25) is 0 Å². The Balaban J connectivity index is 2.32. The Bertz CT molecular complexity index is 330. The predicted octanol–water partition coefficient (Wildman–Crippen LogP) is 4.20. The fourth-order valence-electron chi connectivity index (χ4n) is 1.24. The van der Waals surface area contributed by atoms with Crippen LogP contribution in [-0.2, 0) is 11.3 Å². The highest BCUT2D eigenvalue weighted by molar-refractivity contribution is 5.13. The van der Waals surface area contributed by atoms with Crippen LogP contribution in [0.3, 0.4) is 0 Å². The van der Waals surface area contributed by atoms with Gasteiger partial charge in [-0.05, 0) is 17.9 Å². The van der Waals surface area contributed by atoms with Gasteiger partial charge in [-0.15, -0.1) is 0 Å². The van der Waals surface area contributed by atoms with Crippen LogP contribution >= 0.6 is 0 Å². The van der Waals surface area contributed by atoms with Gasteiger partial charge >= 0.3 is 0 Å². The number of allylic oxidation sites excluding steroid dienone is 1. The van der Waals surface area contributed by atoms with E-state index in [1.54, 1.807) is 0 Å². The van der Waals surface area contributed by atoms with Gasteiger partial charge in [0.05, 0.1) is 13.2 Å². The van der Waals surface area contributed by atoms with Gasteiger partial charge in [-0.1, -0.05) is 62.8 Å². The second-order valence-electron chi connectivity index (χ2n) is 5.14. The van der Waals surface area contributed by atoms with Crippen molar-refractivity contribution in [2.75, 3.05) is 6.61 Å². The zero-order valence-corrected chi connectivity index (χ0v) is 10.8. The molecule has 1 nitrogen and oxygen atoms in total. The molecule has 0 spiro atoms. The Morgan fingerprint density at radius 1 is 1.19 bits per heavy atom. The van der Waals surface area contributed by atoms with E-state index in [4.69, 9.17) is 4.74 Å². The van der Waals surface area contributed by atoms with Crippen molar-refractivity contribution >= 4 is 0 Å². The summed E-state index contributed by atoms with van der Waals surface area (Å²) < 4.78 is 5.61. The second-order valence-corrected chi connectivity index (χ2v) is 5.14. The number of ether oxygens (including phenoxy) is 1. The summed E-state index contributed by atoms with van der Waals surface area (Å²) in [4.78, 5) is 0. The molecule has 0 bridgehead atoms. The predicted molar refractivity (Wildman–Crippen MR) is 69.3 cm³/mol. The molecule has 0 aliphatic carbocycles. The third-order valence-electron chi connectivity index (χ3n) is 2.80. The summed E-state index contributed by atoms with van der Waals surface area (Å²) in [6, 6.07) is 10.3. The average Bonchev–Trinajstić information content (AvgIpc) is 2.24. The Kier molecular flexibility index (Phi) is 4.75. The molecule has 0 radical (unpaired) electrons. The summed E-state index contributed by atoms with van der Waals surface area (Å²) in [5.74, 6) is 0. The monoisotopic (exact) mass is 218 g/mol. The Labute approximate surface area is 99.1 Å². The molecule has 0 aromatic heterocycles. The van der Waals surface area contributed by atoms with Crippen LogP contribution in [0.5, 0.6) is 0 Å². The summed E-state index contributed by atoms with van der Waals surface area (Å²) in [7, 11) is 0. The summed E-state index contributed by atoms with van der Waals surface area (Å²) in [5.41, 5.74) is 2.85. The fourth-order valence-corrected chi connectivity index (χ4v) is 1.24. The highest BCUT2D eigenvalue weighted by atomic mass is 16.5. The lowest BCUT2D eigenvalue weighted by molar-refractivity contribution is 0.147. The number of hydrogen-bond acceptors (Lipinski definition) is 1. The Hall–Kier alpha value is -1.08. The summed E-state index contributed by atoms with van der Waals surface area (Å²) >= 11 is 0.